The van der Waals surface area contributed by atoms with Crippen molar-refractivity contribution in [3.8, 4) is 0 Å². The van der Waals surface area contributed by atoms with E-state index in [2.05, 4.69) is 0 Å². The van der Waals surface area contributed by atoms with Crippen LogP contribution in [0.5, 0.6) is 0 Å². The van der Waals surface area contributed by atoms with Gasteiger partial charge in [0.15, 0.2) is 0 Å². The predicted molar refractivity (Wildman–Crippen MR) is 188 cm³/mol. The molecule has 0 bridgehead atoms. The first-order valence-corrected chi connectivity index (χ1v) is 27.7. The minimum Gasteiger partial charge on any atom is -0.391 e. The van der Waals surface area contributed by atoms with Gasteiger partial charge in [-0.25, -0.2) is 0 Å². The average molecular weight is 789 g/mol. The largest absolute Gasteiger partial charge is 0.493 e. The molecule has 25 heteroatoms. The molecular weight excluding hydrogens is 725 g/mol. The maximum absolute atomic E-state index is 12.2. The van der Waals surface area contributed by atoms with Crippen molar-refractivity contribution < 1.29 is 57.5 Å². The third-order valence-electron chi connectivity index (χ3n) is 6.99. The van der Waals surface area contributed by atoms with E-state index in [4.69, 9.17) is 72.7 Å². The lowest BCUT2D eigenvalue weighted by Crippen LogP contribution is -2.69. The van der Waals surface area contributed by atoms with Gasteiger partial charge in [-0.2, -0.15) is 0 Å². The van der Waals surface area contributed by atoms with Crippen LogP contribution in [0.4, 0.5) is 0 Å². The van der Waals surface area contributed by atoms with E-state index in [9.17, 15) is 19.2 Å². The Morgan fingerprint density at radius 2 is 0.702 bits per heavy atom. The summed E-state index contributed by atoms with van der Waals surface area (Å²) in [6.45, 7) is 1.22. The Labute approximate surface area is 286 Å². The van der Waals surface area contributed by atoms with Crippen LogP contribution in [0.1, 0.15) is 38.5 Å². The molecule has 0 spiro atoms. The molecule has 16 N–H and O–H groups in total. The first kappa shape index (κ1) is 47.5. The van der Waals surface area contributed by atoms with E-state index in [1.165, 1.54) is 28.4 Å². The van der Waals surface area contributed by atoms with Crippen LogP contribution in [-0.4, -0.2) is 140 Å². The van der Waals surface area contributed by atoms with Crippen molar-refractivity contribution in [1.29, 1.82) is 0 Å². The van der Waals surface area contributed by atoms with Crippen LogP contribution >= 0.6 is 0 Å². The van der Waals surface area contributed by atoms with Crippen molar-refractivity contribution in [1.82, 2.24) is 0 Å². The maximum Gasteiger partial charge on any atom is 0.493 e. The second-order valence-electron chi connectivity index (χ2n) is 10.9. The molecule has 4 atom stereocenters. The van der Waals surface area contributed by atoms with E-state index in [-0.39, 0.29) is 81.8 Å². The van der Waals surface area contributed by atoms with Gasteiger partial charge in [-0.3, -0.25) is 0 Å². The molecule has 0 aliphatic heterocycles. The molecule has 19 nitrogen and oxygen atoms in total. The summed E-state index contributed by atoms with van der Waals surface area (Å²) in [5.41, 5.74) is 34.7. The highest BCUT2D eigenvalue weighted by Gasteiger charge is 2.64. The summed E-state index contributed by atoms with van der Waals surface area (Å²) >= 11 is 0. The molecular formula is C22H64N6O13Si6. The molecule has 0 radical (unpaired) electrons. The standard InChI is InChI=1S/C22H64N6O13Si6/c1-33-43(31,18-6-12-24)38-47(22-10-16-28,37-42(29,30)17-5-11-23)41-46(36-4,21-9-15-27)40-44(32,19-7-13-25)39-45(34-2,35-3)20-8-14-26/h29-32H,5-28H2,1-4H3. The van der Waals surface area contributed by atoms with Gasteiger partial charge >= 0.3 is 52.8 Å². The Balaban J connectivity index is 7.36. The molecule has 0 saturated carbocycles. The second-order valence-corrected chi connectivity index (χ2v) is 28.0. The van der Waals surface area contributed by atoms with E-state index in [0.717, 1.165) is 0 Å². The molecule has 0 aromatic carbocycles. The van der Waals surface area contributed by atoms with Crippen molar-refractivity contribution in [2.45, 2.75) is 74.8 Å². The lowest BCUT2D eigenvalue weighted by atomic mass is 10.5. The molecule has 0 aliphatic carbocycles. The van der Waals surface area contributed by atoms with Gasteiger partial charge in [-0.05, 0) is 77.8 Å². The Morgan fingerprint density at radius 3 is 1.13 bits per heavy atom. The summed E-state index contributed by atoms with van der Waals surface area (Å²) in [7, 11) is -20.0. The summed E-state index contributed by atoms with van der Waals surface area (Å²) in [5.74, 6) is 0. The summed E-state index contributed by atoms with van der Waals surface area (Å²) < 4.78 is 54.9. The second kappa shape index (κ2) is 23.9. The fourth-order valence-corrected chi connectivity index (χ4v) is 27.5. The summed E-state index contributed by atoms with van der Waals surface area (Å²) in [5, 5.41) is 0. The van der Waals surface area contributed by atoms with Gasteiger partial charge in [0, 0.05) is 64.7 Å². The minimum absolute atomic E-state index is 0.0126. The number of rotatable bonds is 32. The molecule has 284 valence electrons. The van der Waals surface area contributed by atoms with E-state index in [0.29, 0.717) is 32.2 Å². The topological polar surface area (TPSA) is 320 Å². The quantitative estimate of drug-likeness (QED) is 0.0311. The number of hydrogen-bond donors (Lipinski definition) is 10. The lowest BCUT2D eigenvalue weighted by Gasteiger charge is -2.45. The molecule has 47 heavy (non-hydrogen) atoms. The van der Waals surface area contributed by atoms with E-state index in [1.807, 2.05) is 0 Å². The summed E-state index contributed by atoms with van der Waals surface area (Å²) in [4.78, 5) is 46.0. The Kier molecular flexibility index (Phi) is 24.2. The maximum atomic E-state index is 12.2. The number of hydrogen-bond acceptors (Lipinski definition) is 19. The molecule has 0 rings (SSSR count). The van der Waals surface area contributed by atoms with Gasteiger partial charge in [0.25, 0.3) is 0 Å². The zero-order valence-electron chi connectivity index (χ0n) is 28.7. The zero-order chi connectivity index (χ0) is 36.1. The molecule has 0 saturated heterocycles. The SMILES string of the molecule is CO[Si](O)(CCCN)O[Si](CCCN)(O[Si](O)(O)CCCN)O[Si](CCCN)(OC)O[Si](O)(CCCN)O[Si](CCCN)(OC)OC. The smallest absolute Gasteiger partial charge is 0.391 e. The molecule has 0 fully saturated rings. The fourth-order valence-electron chi connectivity index (χ4n) is 4.47. The minimum atomic E-state index is -4.58. The predicted octanol–water partition coefficient (Wildman–Crippen LogP) is -2.65. The van der Waals surface area contributed by atoms with Gasteiger partial charge in [0.1, 0.15) is 0 Å². The summed E-state index contributed by atoms with van der Waals surface area (Å²) in [6, 6.07) is -0.000904. The lowest BCUT2D eigenvalue weighted by molar-refractivity contribution is 0.0656. The highest BCUT2D eigenvalue weighted by molar-refractivity contribution is 6.87. The first-order valence-electron chi connectivity index (χ1n) is 16.0. The molecule has 0 aliphatic rings. The van der Waals surface area contributed by atoms with Gasteiger partial charge < -0.3 is 91.9 Å². The third kappa shape index (κ3) is 17.5. The van der Waals surface area contributed by atoms with Crippen LogP contribution in [0.3, 0.4) is 0 Å². The molecule has 0 aromatic rings. The van der Waals surface area contributed by atoms with E-state index < -0.39 is 52.8 Å². The first-order chi connectivity index (χ1) is 22.1. The Morgan fingerprint density at radius 1 is 0.362 bits per heavy atom. The van der Waals surface area contributed by atoms with Crippen molar-refractivity contribution in [2.24, 2.45) is 34.4 Å². The third-order valence-corrected chi connectivity index (χ3v) is 28.0. The Bertz CT molecular complexity index is 827. The van der Waals surface area contributed by atoms with Crippen LogP contribution in [0, 0.1) is 0 Å². The highest BCUT2D eigenvalue weighted by Crippen LogP contribution is 2.36. The number of nitrogens with two attached hydrogens (primary N) is 6. The molecule has 0 amide bonds. The van der Waals surface area contributed by atoms with Crippen LogP contribution < -0.4 is 34.4 Å². The van der Waals surface area contributed by atoms with Gasteiger partial charge in [-0.1, -0.05) is 0 Å². The van der Waals surface area contributed by atoms with Crippen LogP contribution in [0.25, 0.3) is 0 Å². The van der Waals surface area contributed by atoms with Crippen molar-refractivity contribution >= 4 is 52.8 Å². The van der Waals surface area contributed by atoms with Crippen molar-refractivity contribution in [3.05, 3.63) is 0 Å². The van der Waals surface area contributed by atoms with Gasteiger partial charge in [0.2, 0.25) is 0 Å². The van der Waals surface area contributed by atoms with Crippen LogP contribution in [0.15, 0.2) is 0 Å². The molecule has 0 aromatic heterocycles. The van der Waals surface area contributed by atoms with E-state index >= 15 is 0 Å². The highest BCUT2D eigenvalue weighted by atomic mass is 28.5. The normalized spacial score (nSPS) is 18.0. The Hall–Kier alpha value is 0.541. The van der Waals surface area contributed by atoms with Crippen molar-refractivity contribution in [2.75, 3.05) is 67.7 Å². The van der Waals surface area contributed by atoms with Crippen LogP contribution in [-0.2, 0) is 38.3 Å². The molecule has 0 heterocycles. The fraction of sp³-hybridized carbons (Fsp3) is 1.00. The van der Waals surface area contributed by atoms with E-state index in [1.54, 1.807) is 0 Å². The zero-order valence-corrected chi connectivity index (χ0v) is 34.7. The molecule has 4 unspecified atom stereocenters. The van der Waals surface area contributed by atoms with Gasteiger partial charge in [-0.15, -0.1) is 0 Å². The summed E-state index contributed by atoms with van der Waals surface area (Å²) in [6.07, 6.45) is 1.83. The average Bonchev–Trinajstić information content (AvgIpc) is 3.05. The van der Waals surface area contributed by atoms with Gasteiger partial charge in [0.05, 0.1) is 0 Å². The van der Waals surface area contributed by atoms with Crippen LogP contribution in [0.2, 0.25) is 36.3 Å². The monoisotopic (exact) mass is 788 g/mol. The van der Waals surface area contributed by atoms with Crippen molar-refractivity contribution in [3.63, 3.8) is 0 Å².